The van der Waals surface area contributed by atoms with Gasteiger partial charge in [-0.05, 0) is 49.7 Å². The lowest BCUT2D eigenvalue weighted by Crippen LogP contribution is -2.35. The number of hydrogen-bond donors (Lipinski definition) is 1. The van der Waals surface area contributed by atoms with Crippen molar-refractivity contribution >= 4 is 40.6 Å². The molecule has 1 aliphatic rings. The van der Waals surface area contributed by atoms with Crippen LogP contribution in [0.4, 0.5) is 0 Å². The normalized spacial score (nSPS) is 12.8. The Morgan fingerprint density at radius 2 is 1.96 bits per heavy atom. The average Bonchev–Trinajstić information content (AvgIpc) is 3.06. The second-order valence-electron chi connectivity index (χ2n) is 6.49. The van der Waals surface area contributed by atoms with Gasteiger partial charge in [0, 0.05) is 39.2 Å². The van der Waals surface area contributed by atoms with Crippen molar-refractivity contribution in [1.29, 1.82) is 0 Å². The van der Waals surface area contributed by atoms with Crippen molar-refractivity contribution in [1.82, 2.24) is 10.2 Å². The van der Waals surface area contributed by atoms with Crippen molar-refractivity contribution in [3.63, 3.8) is 0 Å². The fourth-order valence-electron chi connectivity index (χ4n) is 3.22. The zero-order chi connectivity index (χ0) is 18.5. The summed E-state index contributed by atoms with van der Waals surface area (Å²) in [4.78, 5) is 18.2. The molecule has 1 aromatic carbocycles. The van der Waals surface area contributed by atoms with Gasteiger partial charge in [0.05, 0.1) is 4.88 Å². The molecule has 26 heavy (non-hydrogen) atoms. The summed E-state index contributed by atoms with van der Waals surface area (Å²) in [5.41, 5.74) is 2.44. The molecule has 1 N–H and O–H groups in total. The molecule has 0 saturated heterocycles. The number of carbonyl (C=O) groups is 1. The first-order valence-corrected chi connectivity index (χ1v) is 11.4. The van der Waals surface area contributed by atoms with E-state index in [0.717, 1.165) is 48.1 Å². The third-order valence-corrected chi connectivity index (χ3v) is 6.95. The van der Waals surface area contributed by atoms with Gasteiger partial charge in [-0.25, -0.2) is 0 Å². The number of nitrogens with zero attached hydrogens (tertiary/aromatic N) is 1. The van der Waals surface area contributed by atoms with Crippen LogP contribution in [0.5, 0.6) is 0 Å². The number of fused-ring (bicyclic) bond motifs is 3. The number of thiophene rings is 1. The first-order chi connectivity index (χ1) is 12.6. The van der Waals surface area contributed by atoms with Gasteiger partial charge in [0.25, 0.3) is 5.91 Å². The maximum absolute atomic E-state index is 12.6. The monoisotopic (exact) mass is 408 g/mol. The molecule has 2 aromatic rings. The van der Waals surface area contributed by atoms with E-state index >= 15 is 0 Å². The van der Waals surface area contributed by atoms with E-state index in [1.807, 2.05) is 12.1 Å². The van der Waals surface area contributed by atoms with Gasteiger partial charge in [-0.1, -0.05) is 31.5 Å². The van der Waals surface area contributed by atoms with E-state index in [1.54, 1.807) is 23.1 Å². The topological polar surface area (TPSA) is 32.3 Å². The minimum Gasteiger partial charge on any atom is -0.350 e. The first kappa shape index (κ1) is 19.7. The van der Waals surface area contributed by atoms with Crippen LogP contribution in [0.2, 0.25) is 5.02 Å². The number of carbonyl (C=O) groups excluding carboxylic acids is 1. The standard InChI is InChI=1S/C20H25ClN2OS2/c1-3-8-23(9-4-2)10-7-22-20(24)18-11-14-13-25-17-12-15(21)5-6-16(17)19(14)26-18/h5-6,11-12H,3-4,7-10,13H2,1-2H3,(H,22,24). The Balaban J connectivity index is 1.64. The second-order valence-corrected chi connectivity index (χ2v) is 9.00. The van der Waals surface area contributed by atoms with Crippen LogP contribution in [0.3, 0.4) is 0 Å². The molecule has 1 aliphatic heterocycles. The predicted molar refractivity (Wildman–Crippen MR) is 114 cm³/mol. The van der Waals surface area contributed by atoms with Crippen molar-refractivity contribution in [3.05, 3.63) is 39.7 Å². The molecular weight excluding hydrogens is 384 g/mol. The molecule has 1 aromatic heterocycles. The molecular formula is C20H25ClN2OS2. The van der Waals surface area contributed by atoms with E-state index in [1.165, 1.54) is 20.9 Å². The predicted octanol–water partition coefficient (Wildman–Crippen LogP) is 5.53. The lowest BCUT2D eigenvalue weighted by molar-refractivity contribution is 0.0952. The highest BCUT2D eigenvalue weighted by Crippen LogP contribution is 2.46. The number of thioether (sulfide) groups is 1. The van der Waals surface area contributed by atoms with Gasteiger partial charge < -0.3 is 10.2 Å². The highest BCUT2D eigenvalue weighted by Gasteiger charge is 2.22. The second kappa shape index (κ2) is 9.27. The van der Waals surface area contributed by atoms with E-state index in [9.17, 15) is 4.79 Å². The average molecular weight is 409 g/mol. The Morgan fingerprint density at radius 3 is 2.69 bits per heavy atom. The number of amides is 1. The first-order valence-electron chi connectivity index (χ1n) is 9.18. The molecule has 1 amide bonds. The van der Waals surface area contributed by atoms with Gasteiger partial charge in [-0.3, -0.25) is 4.79 Å². The van der Waals surface area contributed by atoms with Crippen LogP contribution in [0.25, 0.3) is 10.4 Å². The van der Waals surface area contributed by atoms with Crippen LogP contribution < -0.4 is 5.32 Å². The number of benzene rings is 1. The fraction of sp³-hybridized carbons (Fsp3) is 0.450. The quantitative estimate of drug-likeness (QED) is 0.623. The summed E-state index contributed by atoms with van der Waals surface area (Å²) in [6.07, 6.45) is 2.29. The molecule has 6 heteroatoms. The Labute approximate surface area is 169 Å². The summed E-state index contributed by atoms with van der Waals surface area (Å²) in [5, 5.41) is 3.85. The molecule has 0 spiro atoms. The van der Waals surface area contributed by atoms with E-state index in [4.69, 9.17) is 11.6 Å². The Bertz CT molecular complexity index is 769. The minimum atomic E-state index is 0.0397. The molecule has 0 unspecified atom stereocenters. The largest absolute Gasteiger partial charge is 0.350 e. The van der Waals surface area contributed by atoms with Gasteiger partial charge in [0.15, 0.2) is 0 Å². The highest BCUT2D eigenvalue weighted by molar-refractivity contribution is 7.98. The van der Waals surface area contributed by atoms with Crippen LogP contribution in [0.15, 0.2) is 29.2 Å². The maximum atomic E-state index is 12.6. The SMILES string of the molecule is CCCN(CCC)CCNC(=O)c1cc2c(s1)-c1ccc(Cl)cc1SC2. The van der Waals surface area contributed by atoms with Crippen molar-refractivity contribution in [2.75, 3.05) is 26.2 Å². The summed E-state index contributed by atoms with van der Waals surface area (Å²) in [7, 11) is 0. The summed E-state index contributed by atoms with van der Waals surface area (Å²) >= 11 is 9.49. The molecule has 3 nitrogen and oxygen atoms in total. The van der Waals surface area contributed by atoms with Crippen molar-refractivity contribution < 1.29 is 4.79 Å². The number of halogens is 1. The summed E-state index contributed by atoms with van der Waals surface area (Å²) in [6.45, 7) is 8.18. The molecule has 0 saturated carbocycles. The van der Waals surface area contributed by atoms with Crippen molar-refractivity contribution in [2.24, 2.45) is 0 Å². The molecule has 140 valence electrons. The van der Waals surface area contributed by atoms with E-state index in [2.05, 4.69) is 36.2 Å². The Kier molecular flexibility index (Phi) is 7.04. The van der Waals surface area contributed by atoms with E-state index in [-0.39, 0.29) is 5.91 Å². The van der Waals surface area contributed by atoms with Crippen molar-refractivity contribution in [2.45, 2.75) is 37.3 Å². The van der Waals surface area contributed by atoms with Crippen LogP contribution in [0, 0.1) is 0 Å². The lowest BCUT2D eigenvalue weighted by Gasteiger charge is -2.20. The molecule has 0 aliphatic carbocycles. The molecule has 2 heterocycles. The molecule has 0 atom stereocenters. The number of hydrogen-bond acceptors (Lipinski definition) is 4. The third kappa shape index (κ3) is 4.63. The van der Waals surface area contributed by atoms with Gasteiger partial charge >= 0.3 is 0 Å². The van der Waals surface area contributed by atoms with Crippen LogP contribution in [0.1, 0.15) is 41.9 Å². The fourth-order valence-corrected chi connectivity index (χ4v) is 5.82. The third-order valence-electron chi connectivity index (χ3n) is 4.40. The summed E-state index contributed by atoms with van der Waals surface area (Å²) in [6, 6.07) is 8.05. The zero-order valence-electron chi connectivity index (χ0n) is 15.3. The smallest absolute Gasteiger partial charge is 0.261 e. The van der Waals surface area contributed by atoms with Crippen molar-refractivity contribution in [3.8, 4) is 10.4 Å². The minimum absolute atomic E-state index is 0.0397. The van der Waals surface area contributed by atoms with E-state index < -0.39 is 0 Å². The Morgan fingerprint density at radius 1 is 1.19 bits per heavy atom. The van der Waals surface area contributed by atoms with Gasteiger partial charge in [0.2, 0.25) is 0 Å². The molecule has 0 bridgehead atoms. The molecule has 0 fully saturated rings. The summed E-state index contributed by atoms with van der Waals surface area (Å²) < 4.78 is 0. The van der Waals surface area contributed by atoms with E-state index in [0.29, 0.717) is 6.54 Å². The van der Waals surface area contributed by atoms with Crippen LogP contribution in [-0.2, 0) is 5.75 Å². The lowest BCUT2D eigenvalue weighted by atomic mass is 10.1. The highest BCUT2D eigenvalue weighted by atomic mass is 35.5. The Hall–Kier alpha value is -1.01. The molecule has 0 radical (unpaired) electrons. The molecule has 3 rings (SSSR count). The number of rotatable bonds is 8. The number of nitrogens with one attached hydrogen (secondary N) is 1. The van der Waals surface area contributed by atoms with Crippen LogP contribution in [-0.4, -0.2) is 37.0 Å². The summed E-state index contributed by atoms with van der Waals surface area (Å²) in [5.74, 6) is 0.936. The van der Waals surface area contributed by atoms with Gasteiger partial charge in [-0.15, -0.1) is 23.1 Å². The van der Waals surface area contributed by atoms with Gasteiger partial charge in [-0.2, -0.15) is 0 Å². The maximum Gasteiger partial charge on any atom is 0.261 e. The van der Waals surface area contributed by atoms with Gasteiger partial charge in [0.1, 0.15) is 0 Å². The van der Waals surface area contributed by atoms with Crippen LogP contribution >= 0.6 is 34.7 Å². The zero-order valence-corrected chi connectivity index (χ0v) is 17.7.